The van der Waals surface area contributed by atoms with Gasteiger partial charge in [-0.2, -0.15) is 11.3 Å². The van der Waals surface area contributed by atoms with Gasteiger partial charge in [0, 0.05) is 37.4 Å². The summed E-state index contributed by atoms with van der Waals surface area (Å²) in [4.78, 5) is 21.6. The number of hydrogen-bond donors (Lipinski definition) is 0. The molecular weight excluding hydrogens is 306 g/mol. The second-order valence-corrected chi connectivity index (χ2v) is 7.42. The molecule has 0 unspecified atom stereocenters. The molecule has 2 aromatic heterocycles. The minimum absolute atomic E-state index is 0.173. The standard InChI is InChI=1S/C18H21N3OS/c22-17-18(6-10-21(17)16-4-11-23-13-16)5-1-9-20(14-18)12-15-2-7-19-8-3-15/h2-4,7-8,11,13H,1,5-6,9-10,12,14H2/t18-/m0/s1. The van der Waals surface area contributed by atoms with Crippen LogP contribution in [0.15, 0.2) is 41.4 Å². The molecule has 23 heavy (non-hydrogen) atoms. The Morgan fingerprint density at radius 3 is 2.83 bits per heavy atom. The minimum atomic E-state index is -0.173. The Morgan fingerprint density at radius 1 is 1.17 bits per heavy atom. The van der Waals surface area contributed by atoms with Crippen LogP contribution in [0.4, 0.5) is 5.69 Å². The van der Waals surface area contributed by atoms with Crippen molar-refractivity contribution in [2.24, 2.45) is 5.41 Å². The van der Waals surface area contributed by atoms with Gasteiger partial charge < -0.3 is 4.90 Å². The Kier molecular flexibility index (Phi) is 3.91. The zero-order valence-corrected chi connectivity index (χ0v) is 14.0. The van der Waals surface area contributed by atoms with E-state index in [0.29, 0.717) is 5.91 Å². The number of nitrogens with zero attached hydrogens (tertiary/aromatic N) is 3. The molecule has 4 nitrogen and oxygen atoms in total. The maximum absolute atomic E-state index is 13.1. The number of carbonyl (C=O) groups is 1. The summed E-state index contributed by atoms with van der Waals surface area (Å²) in [7, 11) is 0. The van der Waals surface area contributed by atoms with E-state index in [1.165, 1.54) is 5.56 Å². The fourth-order valence-electron chi connectivity index (χ4n) is 3.96. The third-order valence-corrected chi connectivity index (χ3v) is 5.81. The number of piperidine rings is 1. The lowest BCUT2D eigenvalue weighted by Gasteiger charge is -2.39. The molecule has 120 valence electrons. The van der Waals surface area contributed by atoms with Crippen molar-refractivity contribution in [3.63, 3.8) is 0 Å². The van der Waals surface area contributed by atoms with Crippen molar-refractivity contribution in [2.45, 2.75) is 25.8 Å². The van der Waals surface area contributed by atoms with Gasteiger partial charge in [0.15, 0.2) is 0 Å². The fraction of sp³-hybridized carbons (Fsp3) is 0.444. The monoisotopic (exact) mass is 327 g/mol. The number of thiophene rings is 1. The van der Waals surface area contributed by atoms with Crippen LogP contribution < -0.4 is 4.90 Å². The van der Waals surface area contributed by atoms with Gasteiger partial charge in [0.05, 0.1) is 11.1 Å². The molecule has 4 rings (SSSR count). The number of aromatic nitrogens is 1. The van der Waals surface area contributed by atoms with Gasteiger partial charge in [-0.15, -0.1) is 0 Å². The molecule has 1 atom stereocenters. The Morgan fingerprint density at radius 2 is 2.04 bits per heavy atom. The first-order valence-corrected chi connectivity index (χ1v) is 9.17. The Balaban J connectivity index is 1.49. The van der Waals surface area contributed by atoms with E-state index in [1.807, 2.05) is 22.7 Å². The molecule has 2 saturated heterocycles. The molecule has 0 bridgehead atoms. The number of pyridine rings is 1. The van der Waals surface area contributed by atoms with Gasteiger partial charge in [-0.1, -0.05) is 0 Å². The lowest BCUT2D eigenvalue weighted by molar-refractivity contribution is -0.128. The van der Waals surface area contributed by atoms with E-state index in [4.69, 9.17) is 0 Å². The van der Waals surface area contributed by atoms with Gasteiger partial charge in [0.25, 0.3) is 0 Å². The molecule has 2 fully saturated rings. The van der Waals surface area contributed by atoms with Crippen LogP contribution in [-0.2, 0) is 11.3 Å². The van der Waals surface area contributed by atoms with Crippen molar-refractivity contribution in [1.82, 2.24) is 9.88 Å². The summed E-state index contributed by atoms with van der Waals surface area (Å²) < 4.78 is 0. The van der Waals surface area contributed by atoms with Crippen molar-refractivity contribution in [3.05, 3.63) is 46.9 Å². The molecule has 5 heteroatoms. The summed E-state index contributed by atoms with van der Waals surface area (Å²) in [6.07, 6.45) is 6.80. The van der Waals surface area contributed by atoms with Crippen LogP contribution in [0.2, 0.25) is 0 Å². The van der Waals surface area contributed by atoms with Crippen LogP contribution in [0.5, 0.6) is 0 Å². The van der Waals surface area contributed by atoms with Gasteiger partial charge in [-0.3, -0.25) is 14.7 Å². The first kappa shape index (κ1) is 14.8. The zero-order valence-electron chi connectivity index (χ0n) is 13.1. The second kappa shape index (κ2) is 6.06. The first-order chi connectivity index (χ1) is 11.3. The number of carbonyl (C=O) groups excluding carboxylic acids is 1. The van der Waals surface area contributed by atoms with Crippen LogP contribution in [0, 0.1) is 5.41 Å². The van der Waals surface area contributed by atoms with Crippen molar-refractivity contribution in [1.29, 1.82) is 0 Å². The Labute approximate surface area is 140 Å². The molecule has 0 saturated carbocycles. The number of amides is 1. The van der Waals surface area contributed by atoms with E-state index in [-0.39, 0.29) is 5.41 Å². The largest absolute Gasteiger partial charge is 0.311 e. The van der Waals surface area contributed by atoms with E-state index in [9.17, 15) is 4.79 Å². The highest BCUT2D eigenvalue weighted by atomic mass is 32.1. The van der Waals surface area contributed by atoms with Crippen LogP contribution in [0.3, 0.4) is 0 Å². The molecule has 1 amide bonds. The maximum atomic E-state index is 13.1. The third-order valence-electron chi connectivity index (χ3n) is 5.14. The highest BCUT2D eigenvalue weighted by Gasteiger charge is 2.49. The normalized spacial score (nSPS) is 25.4. The SMILES string of the molecule is O=C1N(c2ccsc2)CC[C@]12CCCN(Cc1ccncc1)C2. The van der Waals surface area contributed by atoms with Crippen LogP contribution in [0.1, 0.15) is 24.8 Å². The quantitative estimate of drug-likeness (QED) is 0.869. The van der Waals surface area contributed by atoms with Gasteiger partial charge in [0.1, 0.15) is 0 Å². The van der Waals surface area contributed by atoms with Gasteiger partial charge in [-0.25, -0.2) is 0 Å². The van der Waals surface area contributed by atoms with Gasteiger partial charge >= 0.3 is 0 Å². The van der Waals surface area contributed by atoms with Crippen LogP contribution >= 0.6 is 11.3 Å². The molecule has 0 aromatic carbocycles. The molecule has 0 radical (unpaired) electrons. The molecular formula is C18H21N3OS. The maximum Gasteiger partial charge on any atom is 0.234 e. The summed E-state index contributed by atoms with van der Waals surface area (Å²) in [6.45, 7) is 3.74. The van der Waals surface area contributed by atoms with E-state index >= 15 is 0 Å². The lowest BCUT2D eigenvalue weighted by Crippen LogP contribution is -2.47. The average molecular weight is 327 g/mol. The van der Waals surface area contributed by atoms with Crippen LogP contribution in [0.25, 0.3) is 0 Å². The third kappa shape index (κ3) is 2.79. The molecule has 4 heterocycles. The van der Waals surface area contributed by atoms with Crippen molar-refractivity contribution >= 4 is 22.9 Å². The number of likely N-dealkylation sites (tertiary alicyclic amines) is 1. The lowest BCUT2D eigenvalue weighted by atomic mass is 9.78. The predicted molar refractivity (Wildman–Crippen MR) is 92.5 cm³/mol. The molecule has 1 spiro atoms. The van der Waals surface area contributed by atoms with Crippen molar-refractivity contribution in [2.75, 3.05) is 24.5 Å². The van der Waals surface area contributed by atoms with Gasteiger partial charge in [0.2, 0.25) is 5.91 Å². The molecule has 0 aliphatic carbocycles. The number of hydrogen-bond acceptors (Lipinski definition) is 4. The zero-order chi connectivity index (χ0) is 15.7. The van der Waals surface area contributed by atoms with Gasteiger partial charge in [-0.05, 0) is 54.9 Å². The number of rotatable bonds is 3. The summed E-state index contributed by atoms with van der Waals surface area (Å²) in [5.41, 5.74) is 2.17. The van der Waals surface area contributed by atoms with Crippen LogP contribution in [-0.4, -0.2) is 35.4 Å². The first-order valence-electron chi connectivity index (χ1n) is 8.22. The molecule has 0 N–H and O–H groups in total. The van der Waals surface area contributed by atoms with Crippen molar-refractivity contribution in [3.8, 4) is 0 Å². The highest BCUT2D eigenvalue weighted by Crippen LogP contribution is 2.42. The topological polar surface area (TPSA) is 36.4 Å². The summed E-state index contributed by atoms with van der Waals surface area (Å²) in [5, 5.41) is 4.12. The summed E-state index contributed by atoms with van der Waals surface area (Å²) in [5.74, 6) is 0.329. The average Bonchev–Trinajstić information content (AvgIpc) is 3.19. The molecule has 2 aliphatic heterocycles. The van der Waals surface area contributed by atoms with Crippen molar-refractivity contribution < 1.29 is 4.79 Å². The van der Waals surface area contributed by atoms with E-state index in [1.54, 1.807) is 11.3 Å². The molecule has 2 aliphatic rings. The molecule has 2 aromatic rings. The Hall–Kier alpha value is -1.72. The summed E-state index contributed by atoms with van der Waals surface area (Å²) in [6, 6.07) is 6.18. The van der Waals surface area contributed by atoms with E-state index in [0.717, 1.165) is 51.1 Å². The Bertz CT molecular complexity index is 673. The predicted octanol–water partition coefficient (Wildman–Crippen LogP) is 3.16. The van der Waals surface area contributed by atoms with E-state index < -0.39 is 0 Å². The minimum Gasteiger partial charge on any atom is -0.311 e. The number of anilines is 1. The fourth-order valence-corrected chi connectivity index (χ4v) is 4.61. The summed E-state index contributed by atoms with van der Waals surface area (Å²) >= 11 is 1.66. The smallest absolute Gasteiger partial charge is 0.234 e. The second-order valence-electron chi connectivity index (χ2n) is 6.64. The van der Waals surface area contributed by atoms with E-state index in [2.05, 4.69) is 33.5 Å². The highest BCUT2D eigenvalue weighted by molar-refractivity contribution is 7.08.